The van der Waals surface area contributed by atoms with Gasteiger partial charge in [-0.3, -0.25) is 0 Å². The van der Waals surface area contributed by atoms with Gasteiger partial charge >= 0.3 is 6.36 Å². The number of nitrogens with two attached hydrogens (primary N) is 1. The molecule has 0 spiro atoms. The lowest BCUT2D eigenvalue weighted by atomic mass is 10.3. The zero-order valence-corrected chi connectivity index (χ0v) is 9.68. The van der Waals surface area contributed by atoms with Gasteiger partial charge in [0.05, 0.1) is 6.54 Å². The van der Waals surface area contributed by atoms with E-state index in [4.69, 9.17) is 15.2 Å². The summed E-state index contributed by atoms with van der Waals surface area (Å²) >= 11 is 0. The molecule has 1 unspecified atom stereocenters. The summed E-state index contributed by atoms with van der Waals surface area (Å²) < 4.78 is 50.0. The van der Waals surface area contributed by atoms with Crippen LogP contribution in [0.15, 0.2) is 29.3 Å². The van der Waals surface area contributed by atoms with Gasteiger partial charge in [-0.05, 0) is 24.3 Å². The van der Waals surface area contributed by atoms with Gasteiger partial charge < -0.3 is 19.9 Å². The summed E-state index contributed by atoms with van der Waals surface area (Å²) in [6.07, 6.45) is -4.97. The van der Waals surface area contributed by atoms with Crippen LogP contribution >= 0.6 is 0 Å². The van der Waals surface area contributed by atoms with E-state index in [-0.39, 0.29) is 24.5 Å². The molecule has 1 aromatic rings. The molecule has 0 saturated heterocycles. The van der Waals surface area contributed by atoms with Crippen molar-refractivity contribution in [3.8, 4) is 11.5 Å². The lowest BCUT2D eigenvalue weighted by Crippen LogP contribution is -2.24. The number of hydrogen-bond donors (Lipinski definition) is 1. The Hall–Kier alpha value is -2.12. The Bertz CT molecular complexity index is 459. The van der Waals surface area contributed by atoms with Crippen molar-refractivity contribution in [1.82, 2.24) is 0 Å². The van der Waals surface area contributed by atoms with Crippen molar-refractivity contribution in [2.45, 2.75) is 12.5 Å². The Morgan fingerprint density at radius 1 is 1.26 bits per heavy atom. The second kappa shape index (κ2) is 5.25. The molecule has 2 N–H and O–H groups in total. The van der Waals surface area contributed by atoms with E-state index >= 15 is 0 Å². The molecule has 0 aliphatic carbocycles. The first kappa shape index (κ1) is 13.3. The lowest BCUT2D eigenvalue weighted by molar-refractivity contribution is -0.274. The van der Waals surface area contributed by atoms with E-state index in [1.807, 2.05) is 0 Å². The fourth-order valence-electron chi connectivity index (χ4n) is 1.45. The highest BCUT2D eigenvalue weighted by Crippen LogP contribution is 2.24. The molecular weight excluding hydrogens is 265 g/mol. The Kier molecular flexibility index (Phi) is 3.68. The number of alkyl halides is 3. The molecule has 104 valence electrons. The van der Waals surface area contributed by atoms with Gasteiger partial charge in [0.25, 0.3) is 6.02 Å². The van der Waals surface area contributed by atoms with Gasteiger partial charge in [-0.15, -0.1) is 13.2 Å². The van der Waals surface area contributed by atoms with Crippen LogP contribution < -0.4 is 15.2 Å². The molecule has 1 aromatic carbocycles. The quantitative estimate of drug-likeness (QED) is 0.908. The van der Waals surface area contributed by atoms with Gasteiger partial charge in [-0.1, -0.05) is 0 Å². The van der Waals surface area contributed by atoms with Crippen LogP contribution in [0, 0.1) is 0 Å². The van der Waals surface area contributed by atoms with E-state index in [1.165, 1.54) is 24.3 Å². The molecule has 1 aliphatic heterocycles. The maximum Gasteiger partial charge on any atom is 0.573 e. The third-order valence-electron chi connectivity index (χ3n) is 2.23. The summed E-state index contributed by atoms with van der Waals surface area (Å²) in [6.45, 7) is 0.616. The molecule has 0 amide bonds. The Morgan fingerprint density at radius 2 is 1.89 bits per heavy atom. The van der Waals surface area contributed by atoms with E-state index < -0.39 is 6.36 Å². The van der Waals surface area contributed by atoms with Crippen LogP contribution in [0.5, 0.6) is 11.5 Å². The minimum atomic E-state index is -4.70. The molecule has 0 bridgehead atoms. The fourth-order valence-corrected chi connectivity index (χ4v) is 1.45. The number of hydrogen-bond acceptors (Lipinski definition) is 5. The predicted molar refractivity (Wildman–Crippen MR) is 60.0 cm³/mol. The van der Waals surface area contributed by atoms with E-state index in [1.54, 1.807) is 0 Å². The summed E-state index contributed by atoms with van der Waals surface area (Å²) in [5.41, 5.74) is 5.32. The first-order valence-corrected chi connectivity index (χ1v) is 5.37. The van der Waals surface area contributed by atoms with Crippen molar-refractivity contribution in [3.05, 3.63) is 24.3 Å². The Labute approximate surface area is 106 Å². The second-order valence-corrected chi connectivity index (χ2v) is 3.75. The molecule has 0 aromatic heterocycles. The number of benzene rings is 1. The second-order valence-electron chi connectivity index (χ2n) is 3.75. The van der Waals surface area contributed by atoms with E-state index in [9.17, 15) is 13.2 Å². The Balaban J connectivity index is 1.82. The number of halogens is 3. The van der Waals surface area contributed by atoms with Crippen LogP contribution in [0.3, 0.4) is 0 Å². The van der Waals surface area contributed by atoms with E-state index in [0.29, 0.717) is 12.3 Å². The van der Waals surface area contributed by atoms with Crippen LogP contribution in [-0.4, -0.2) is 31.6 Å². The van der Waals surface area contributed by atoms with Crippen molar-refractivity contribution < 1.29 is 27.4 Å². The third-order valence-corrected chi connectivity index (χ3v) is 2.23. The number of aliphatic imine (C=N–C) groups is 1. The van der Waals surface area contributed by atoms with Crippen LogP contribution in [0.25, 0.3) is 0 Å². The zero-order chi connectivity index (χ0) is 13.9. The monoisotopic (exact) mass is 276 g/mol. The average Bonchev–Trinajstić information content (AvgIpc) is 2.72. The number of rotatable bonds is 4. The highest BCUT2D eigenvalue weighted by atomic mass is 19.4. The normalized spacial score (nSPS) is 18.7. The molecule has 0 fully saturated rings. The van der Waals surface area contributed by atoms with E-state index in [0.717, 1.165) is 0 Å². The van der Waals surface area contributed by atoms with Crippen LogP contribution in [-0.2, 0) is 4.74 Å². The minimum absolute atomic E-state index is 0.113. The summed E-state index contributed by atoms with van der Waals surface area (Å²) in [6, 6.07) is 5.20. The van der Waals surface area contributed by atoms with Crippen LogP contribution in [0.1, 0.15) is 0 Å². The van der Waals surface area contributed by atoms with Gasteiger partial charge in [0.15, 0.2) is 6.10 Å². The van der Waals surface area contributed by atoms with Crippen molar-refractivity contribution in [2.75, 3.05) is 13.2 Å². The highest BCUT2D eigenvalue weighted by molar-refractivity contribution is 5.73. The van der Waals surface area contributed by atoms with Gasteiger partial charge in [0, 0.05) is 0 Å². The van der Waals surface area contributed by atoms with Crippen LogP contribution in [0.4, 0.5) is 13.2 Å². The van der Waals surface area contributed by atoms with Gasteiger partial charge in [0.2, 0.25) is 0 Å². The smallest absolute Gasteiger partial charge is 0.490 e. The van der Waals surface area contributed by atoms with Crippen LogP contribution in [0.2, 0.25) is 0 Å². The van der Waals surface area contributed by atoms with Gasteiger partial charge in [0.1, 0.15) is 18.1 Å². The lowest BCUT2D eigenvalue weighted by Gasteiger charge is -2.12. The fraction of sp³-hybridized carbons (Fsp3) is 0.364. The zero-order valence-electron chi connectivity index (χ0n) is 9.68. The average molecular weight is 276 g/mol. The number of ether oxygens (including phenoxy) is 3. The molecule has 2 rings (SSSR count). The molecule has 19 heavy (non-hydrogen) atoms. The number of nitrogens with zero attached hydrogens (tertiary/aromatic N) is 1. The first-order valence-electron chi connectivity index (χ1n) is 5.37. The molecule has 0 saturated carbocycles. The Morgan fingerprint density at radius 3 is 2.42 bits per heavy atom. The molecule has 1 heterocycles. The maximum absolute atomic E-state index is 11.9. The molecule has 8 heteroatoms. The maximum atomic E-state index is 11.9. The van der Waals surface area contributed by atoms with E-state index in [2.05, 4.69) is 9.73 Å². The van der Waals surface area contributed by atoms with Gasteiger partial charge in [-0.25, -0.2) is 4.99 Å². The summed E-state index contributed by atoms with van der Waals surface area (Å²) in [4.78, 5) is 3.83. The summed E-state index contributed by atoms with van der Waals surface area (Å²) in [5.74, 6) is 0.105. The molecule has 0 radical (unpaired) electrons. The standard InChI is InChI=1S/C11H11F3N2O3/c12-11(13,14)19-8-3-1-7(2-4-8)17-6-9-5-16-10(15)18-9/h1-4,9H,5-6H2,(H2,15,16). The molecule has 5 nitrogen and oxygen atoms in total. The van der Waals surface area contributed by atoms with Crippen molar-refractivity contribution in [1.29, 1.82) is 0 Å². The SMILES string of the molecule is NC1=NCC(COc2ccc(OC(F)(F)F)cc2)O1. The first-order chi connectivity index (χ1) is 8.92. The predicted octanol–water partition coefficient (Wildman–Crippen LogP) is 1.68. The van der Waals surface area contributed by atoms with Crippen molar-refractivity contribution in [3.63, 3.8) is 0 Å². The molecular formula is C11H11F3N2O3. The third kappa shape index (κ3) is 4.23. The number of amidine groups is 1. The largest absolute Gasteiger partial charge is 0.573 e. The van der Waals surface area contributed by atoms with Gasteiger partial charge in [-0.2, -0.15) is 0 Å². The minimum Gasteiger partial charge on any atom is -0.490 e. The molecule has 1 atom stereocenters. The molecule has 1 aliphatic rings. The summed E-state index contributed by atoms with van der Waals surface area (Å²) in [7, 11) is 0. The topological polar surface area (TPSA) is 66.1 Å². The summed E-state index contributed by atoms with van der Waals surface area (Å²) in [5, 5.41) is 0. The van der Waals surface area contributed by atoms with Crippen molar-refractivity contribution >= 4 is 6.02 Å². The highest BCUT2D eigenvalue weighted by Gasteiger charge is 2.31. The van der Waals surface area contributed by atoms with Crippen molar-refractivity contribution in [2.24, 2.45) is 10.7 Å².